The molecule has 3 saturated heterocycles. The number of hydrogen-bond acceptors (Lipinski definition) is 4. The van der Waals surface area contributed by atoms with Crippen molar-refractivity contribution in [2.24, 2.45) is 17.3 Å². The van der Waals surface area contributed by atoms with Gasteiger partial charge in [-0.2, -0.15) is 0 Å². The van der Waals surface area contributed by atoms with Gasteiger partial charge in [-0.25, -0.2) is 0 Å². The summed E-state index contributed by atoms with van der Waals surface area (Å²) < 4.78 is 11.4. The predicted molar refractivity (Wildman–Crippen MR) is 119 cm³/mol. The molecule has 6 rings (SSSR count). The van der Waals surface area contributed by atoms with Gasteiger partial charge >= 0.3 is 0 Å². The summed E-state index contributed by atoms with van der Waals surface area (Å²) in [7, 11) is 0. The summed E-state index contributed by atoms with van der Waals surface area (Å²) in [4.78, 5) is 17.3. The molecule has 2 saturated carbocycles. The maximum atomic E-state index is 12.4. The van der Waals surface area contributed by atoms with Gasteiger partial charge in [0.05, 0.1) is 25.7 Å². The number of likely N-dealkylation sites (tertiary alicyclic amines) is 2. The van der Waals surface area contributed by atoms with Crippen molar-refractivity contribution in [1.29, 1.82) is 0 Å². The van der Waals surface area contributed by atoms with Crippen LogP contribution in [0.25, 0.3) is 0 Å². The Morgan fingerprint density at radius 2 is 1.84 bits per heavy atom. The van der Waals surface area contributed by atoms with Crippen molar-refractivity contribution in [3.63, 3.8) is 0 Å². The van der Waals surface area contributed by atoms with E-state index >= 15 is 0 Å². The lowest BCUT2D eigenvalue weighted by molar-refractivity contribution is -0.161. The highest BCUT2D eigenvalue weighted by atomic mass is 16.5. The van der Waals surface area contributed by atoms with E-state index in [9.17, 15) is 4.79 Å². The molecule has 1 atom stereocenters. The maximum absolute atomic E-state index is 12.4. The molecule has 0 radical (unpaired) electrons. The van der Waals surface area contributed by atoms with Crippen LogP contribution in [0.15, 0.2) is 24.3 Å². The molecule has 1 unspecified atom stereocenters. The van der Waals surface area contributed by atoms with E-state index in [1.54, 1.807) is 0 Å². The van der Waals surface area contributed by atoms with E-state index in [0.29, 0.717) is 36.5 Å². The van der Waals surface area contributed by atoms with Crippen molar-refractivity contribution in [2.75, 3.05) is 46.0 Å². The van der Waals surface area contributed by atoms with Gasteiger partial charge < -0.3 is 19.3 Å². The normalized spacial score (nSPS) is 29.0. The highest BCUT2D eigenvalue weighted by Gasteiger charge is 2.52. The maximum Gasteiger partial charge on any atom is 0.230 e. The molecule has 168 valence electrons. The Bertz CT molecular complexity index is 805. The third-order valence-corrected chi connectivity index (χ3v) is 8.60. The van der Waals surface area contributed by atoms with E-state index in [1.807, 2.05) is 0 Å². The molecular weight excluding hydrogens is 388 g/mol. The minimum absolute atomic E-state index is 0.143. The predicted octanol–water partition coefficient (Wildman–Crippen LogP) is 3.68. The first-order chi connectivity index (χ1) is 15.2. The lowest BCUT2D eigenvalue weighted by atomic mass is 9.77. The van der Waals surface area contributed by atoms with Gasteiger partial charge in [-0.1, -0.05) is 18.2 Å². The summed E-state index contributed by atoms with van der Waals surface area (Å²) in [5, 5.41) is 0. The smallest absolute Gasteiger partial charge is 0.230 e. The number of amides is 1. The first-order valence-corrected chi connectivity index (χ1v) is 12.5. The Morgan fingerprint density at radius 3 is 2.55 bits per heavy atom. The molecule has 3 aliphatic heterocycles. The van der Waals surface area contributed by atoms with Gasteiger partial charge in [-0.3, -0.25) is 4.79 Å². The molecular formula is C26H36N2O3. The average molecular weight is 425 g/mol. The second kappa shape index (κ2) is 8.08. The molecule has 1 amide bonds. The minimum atomic E-state index is 0.143. The van der Waals surface area contributed by atoms with E-state index in [1.165, 1.54) is 63.6 Å². The third kappa shape index (κ3) is 4.00. The molecule has 1 spiro atoms. The van der Waals surface area contributed by atoms with Crippen LogP contribution in [0.4, 0.5) is 0 Å². The Morgan fingerprint density at radius 1 is 1.06 bits per heavy atom. The lowest BCUT2D eigenvalue weighted by Gasteiger charge is -2.50. The van der Waals surface area contributed by atoms with Crippen molar-refractivity contribution < 1.29 is 14.3 Å². The van der Waals surface area contributed by atoms with Crippen LogP contribution in [0.1, 0.15) is 56.4 Å². The Labute approximate surface area is 186 Å². The van der Waals surface area contributed by atoms with Crippen molar-refractivity contribution >= 4 is 5.91 Å². The fourth-order valence-corrected chi connectivity index (χ4v) is 6.35. The van der Waals surface area contributed by atoms with E-state index in [0.717, 1.165) is 31.4 Å². The van der Waals surface area contributed by atoms with Crippen LogP contribution in [0.2, 0.25) is 0 Å². The fraction of sp³-hybridized carbons (Fsp3) is 0.731. The topological polar surface area (TPSA) is 42.0 Å². The van der Waals surface area contributed by atoms with Gasteiger partial charge in [0, 0.05) is 24.5 Å². The van der Waals surface area contributed by atoms with E-state index in [-0.39, 0.29) is 5.92 Å². The van der Waals surface area contributed by atoms with Gasteiger partial charge in [-0.05, 0) is 81.5 Å². The zero-order valence-electron chi connectivity index (χ0n) is 18.6. The molecule has 5 heteroatoms. The number of ether oxygens (including phenoxy) is 2. The first kappa shape index (κ1) is 20.0. The third-order valence-electron chi connectivity index (χ3n) is 8.60. The molecule has 0 aromatic heterocycles. The summed E-state index contributed by atoms with van der Waals surface area (Å²) in [5.74, 6) is 3.03. The van der Waals surface area contributed by atoms with Crippen LogP contribution < -0.4 is 4.74 Å². The number of rotatable bonds is 6. The molecule has 5 fully saturated rings. The minimum Gasteiger partial charge on any atom is -0.493 e. The molecule has 2 aliphatic carbocycles. The monoisotopic (exact) mass is 424 g/mol. The number of hydrogen-bond donors (Lipinski definition) is 0. The second-order valence-corrected chi connectivity index (χ2v) is 10.9. The van der Waals surface area contributed by atoms with Crippen molar-refractivity contribution in [2.45, 2.75) is 56.9 Å². The van der Waals surface area contributed by atoms with Crippen LogP contribution in [-0.4, -0.2) is 67.7 Å². The molecule has 0 bridgehead atoms. The highest BCUT2D eigenvalue weighted by Crippen LogP contribution is 2.48. The number of carbonyl (C=O) groups is 1. The Hall–Kier alpha value is -1.59. The molecule has 1 aromatic rings. The highest BCUT2D eigenvalue weighted by molar-refractivity contribution is 5.80. The zero-order chi connectivity index (χ0) is 20.8. The fourth-order valence-electron chi connectivity index (χ4n) is 6.35. The van der Waals surface area contributed by atoms with Crippen LogP contribution in [0, 0.1) is 17.3 Å². The first-order valence-electron chi connectivity index (χ1n) is 12.5. The summed E-state index contributed by atoms with van der Waals surface area (Å²) >= 11 is 0. The van der Waals surface area contributed by atoms with Crippen LogP contribution in [-0.2, 0) is 9.53 Å². The quantitative estimate of drug-likeness (QED) is 0.699. The van der Waals surface area contributed by atoms with Gasteiger partial charge in [0.25, 0.3) is 0 Å². The SMILES string of the molecule is O=C(C1COC1)N1CC2(CCC(N3CCC(c4ccccc4OCC4CC4)CC3)C2)C1. The van der Waals surface area contributed by atoms with Crippen molar-refractivity contribution in [1.82, 2.24) is 9.80 Å². The number of para-hydroxylation sites is 1. The molecule has 5 aliphatic rings. The molecule has 1 aromatic carbocycles. The van der Waals surface area contributed by atoms with Crippen molar-refractivity contribution in [3.8, 4) is 5.75 Å². The van der Waals surface area contributed by atoms with E-state index in [2.05, 4.69) is 34.1 Å². The molecule has 0 N–H and O–H groups in total. The van der Waals surface area contributed by atoms with Gasteiger partial charge in [-0.15, -0.1) is 0 Å². The number of benzene rings is 1. The zero-order valence-corrected chi connectivity index (χ0v) is 18.6. The second-order valence-electron chi connectivity index (χ2n) is 10.9. The Balaban J connectivity index is 1.00. The lowest BCUT2D eigenvalue weighted by Crippen LogP contribution is -2.61. The van der Waals surface area contributed by atoms with Crippen molar-refractivity contribution in [3.05, 3.63) is 29.8 Å². The average Bonchev–Trinajstić information content (AvgIpc) is 3.45. The Kier molecular flexibility index (Phi) is 5.22. The van der Waals surface area contributed by atoms with Crippen LogP contribution in [0.5, 0.6) is 5.75 Å². The largest absolute Gasteiger partial charge is 0.493 e. The number of nitrogens with zero attached hydrogens (tertiary/aromatic N) is 2. The molecule has 3 heterocycles. The summed E-state index contributed by atoms with van der Waals surface area (Å²) in [6.45, 7) is 6.54. The van der Waals surface area contributed by atoms with Gasteiger partial charge in [0.15, 0.2) is 0 Å². The molecule has 31 heavy (non-hydrogen) atoms. The van der Waals surface area contributed by atoms with E-state index in [4.69, 9.17) is 9.47 Å². The number of piperidine rings is 1. The van der Waals surface area contributed by atoms with Gasteiger partial charge in [0.2, 0.25) is 5.91 Å². The van der Waals surface area contributed by atoms with Crippen LogP contribution >= 0.6 is 0 Å². The standard InChI is InChI=1S/C26H36N2O3/c29-25(21-15-30-16-21)28-17-26(18-28)10-7-22(13-26)27-11-8-20(9-12-27)23-3-1-2-4-24(23)31-14-19-5-6-19/h1-4,19-22H,5-18H2. The number of carbonyl (C=O) groups excluding carboxylic acids is 1. The summed E-state index contributed by atoms with van der Waals surface area (Å²) in [5.41, 5.74) is 1.84. The van der Waals surface area contributed by atoms with Gasteiger partial charge in [0.1, 0.15) is 5.75 Å². The summed E-state index contributed by atoms with van der Waals surface area (Å²) in [6, 6.07) is 9.46. The molecule has 5 nitrogen and oxygen atoms in total. The van der Waals surface area contributed by atoms with E-state index < -0.39 is 0 Å². The van der Waals surface area contributed by atoms with Crippen LogP contribution in [0.3, 0.4) is 0 Å². The summed E-state index contributed by atoms with van der Waals surface area (Å²) in [6.07, 6.45) is 9.03.